The minimum atomic E-state index is -0.881. The van der Waals surface area contributed by atoms with Gasteiger partial charge in [-0.05, 0) is 25.3 Å². The van der Waals surface area contributed by atoms with Crippen LogP contribution in [0.5, 0.6) is 0 Å². The number of cyclic esters (lactones) is 1. The van der Waals surface area contributed by atoms with Gasteiger partial charge in [-0.3, -0.25) is 0 Å². The monoisotopic (exact) mass is 266 g/mol. The van der Waals surface area contributed by atoms with Crippen LogP contribution in [0.2, 0.25) is 0 Å². The molecule has 1 aliphatic heterocycles. The second-order valence-electron chi connectivity index (χ2n) is 4.87. The van der Waals surface area contributed by atoms with Crippen LogP contribution in [-0.4, -0.2) is 35.0 Å². The summed E-state index contributed by atoms with van der Waals surface area (Å²) in [6.07, 6.45) is 8.03. The zero-order chi connectivity index (χ0) is 14.3. The first-order valence-corrected chi connectivity index (χ1v) is 6.54. The molecule has 1 rings (SSSR count). The maximum absolute atomic E-state index is 11.4. The van der Waals surface area contributed by atoms with Crippen LogP contribution in [0.3, 0.4) is 0 Å². The molecule has 0 aromatic rings. The maximum atomic E-state index is 11.4. The van der Waals surface area contributed by atoms with Crippen molar-refractivity contribution in [3.8, 4) is 0 Å². The molecule has 3 atom stereocenters. The predicted molar refractivity (Wildman–Crippen MR) is 73.4 cm³/mol. The van der Waals surface area contributed by atoms with Crippen molar-refractivity contribution in [1.82, 2.24) is 0 Å². The van der Waals surface area contributed by atoms with Crippen LogP contribution < -0.4 is 0 Å². The molecular formula is C15H22O4. The van der Waals surface area contributed by atoms with Crippen LogP contribution >= 0.6 is 0 Å². The molecule has 1 heterocycles. The van der Waals surface area contributed by atoms with Gasteiger partial charge in [-0.1, -0.05) is 31.2 Å². The topological polar surface area (TPSA) is 66.8 Å². The SMILES string of the molecule is CC1=C[C@@H](C)[C@H](O)[C@@H](O)C=CCCC=CC(=O)OC1. The zero-order valence-electron chi connectivity index (χ0n) is 11.5. The van der Waals surface area contributed by atoms with Crippen molar-refractivity contribution >= 4 is 5.97 Å². The lowest BCUT2D eigenvalue weighted by Crippen LogP contribution is -2.29. The standard InChI is InChI=1S/C15H22O4/c1-11-9-12(2)15(18)13(16)7-5-3-4-6-8-14(17)19-10-11/h5-9,12-13,15-16,18H,3-4,10H2,1-2H3/t12-,13+,15+/m1/s1. The molecule has 1 aliphatic rings. The molecule has 0 fully saturated rings. The number of allylic oxidation sites excluding steroid dienone is 2. The minimum Gasteiger partial charge on any atom is -0.458 e. The molecule has 0 amide bonds. The van der Waals surface area contributed by atoms with Crippen molar-refractivity contribution in [1.29, 1.82) is 0 Å². The van der Waals surface area contributed by atoms with Gasteiger partial charge >= 0.3 is 5.97 Å². The Hall–Kier alpha value is -1.39. The Morgan fingerprint density at radius 3 is 2.68 bits per heavy atom. The summed E-state index contributed by atoms with van der Waals surface area (Å²) in [6, 6.07) is 0. The van der Waals surface area contributed by atoms with Gasteiger partial charge in [0.1, 0.15) is 6.61 Å². The molecule has 0 radical (unpaired) electrons. The second kappa shape index (κ2) is 7.92. The number of hydrogen-bond acceptors (Lipinski definition) is 4. The van der Waals surface area contributed by atoms with Crippen molar-refractivity contribution < 1.29 is 19.7 Å². The Labute approximate surface area is 114 Å². The average molecular weight is 266 g/mol. The summed E-state index contributed by atoms with van der Waals surface area (Å²) in [4.78, 5) is 11.4. The molecule has 19 heavy (non-hydrogen) atoms. The molecule has 0 saturated carbocycles. The summed E-state index contributed by atoms with van der Waals surface area (Å²) in [5.74, 6) is -0.571. The Morgan fingerprint density at radius 2 is 1.95 bits per heavy atom. The molecule has 0 bridgehead atoms. The van der Waals surface area contributed by atoms with Crippen molar-refractivity contribution in [2.75, 3.05) is 6.61 Å². The first kappa shape index (κ1) is 15.7. The first-order chi connectivity index (χ1) is 9.00. The van der Waals surface area contributed by atoms with Gasteiger partial charge in [-0.2, -0.15) is 0 Å². The van der Waals surface area contributed by atoms with Gasteiger partial charge in [0.15, 0.2) is 0 Å². The molecule has 2 N–H and O–H groups in total. The molecule has 0 aliphatic carbocycles. The fraction of sp³-hybridized carbons (Fsp3) is 0.533. The summed E-state index contributed by atoms with van der Waals surface area (Å²) in [6.45, 7) is 3.85. The van der Waals surface area contributed by atoms with Crippen LogP contribution in [0.4, 0.5) is 0 Å². The van der Waals surface area contributed by atoms with E-state index in [1.165, 1.54) is 6.08 Å². The van der Waals surface area contributed by atoms with Gasteiger partial charge in [0, 0.05) is 12.0 Å². The van der Waals surface area contributed by atoms with E-state index in [0.29, 0.717) is 12.8 Å². The smallest absolute Gasteiger partial charge is 0.330 e. The molecule has 0 saturated heterocycles. The summed E-state index contributed by atoms with van der Waals surface area (Å²) < 4.78 is 5.05. The average Bonchev–Trinajstić information content (AvgIpc) is 2.38. The third-order valence-electron chi connectivity index (χ3n) is 2.97. The van der Waals surface area contributed by atoms with Crippen molar-refractivity contribution in [3.05, 3.63) is 36.0 Å². The Balaban J connectivity index is 2.80. The van der Waals surface area contributed by atoms with E-state index >= 15 is 0 Å². The fourth-order valence-electron chi connectivity index (χ4n) is 1.86. The molecule has 0 unspecified atom stereocenters. The summed E-state index contributed by atoms with van der Waals surface area (Å²) in [7, 11) is 0. The minimum absolute atomic E-state index is 0.201. The number of carbonyl (C=O) groups excluding carboxylic acids is 1. The molecule has 0 aromatic carbocycles. The number of aliphatic hydroxyl groups is 2. The Morgan fingerprint density at radius 1 is 1.26 bits per heavy atom. The molecule has 0 spiro atoms. The van der Waals surface area contributed by atoms with Gasteiger partial charge in [-0.15, -0.1) is 0 Å². The van der Waals surface area contributed by atoms with Gasteiger partial charge in [-0.25, -0.2) is 4.79 Å². The van der Waals surface area contributed by atoms with Crippen LogP contribution in [0.25, 0.3) is 0 Å². The Bertz CT molecular complexity index is 382. The van der Waals surface area contributed by atoms with Crippen LogP contribution in [-0.2, 0) is 9.53 Å². The highest BCUT2D eigenvalue weighted by molar-refractivity contribution is 5.81. The molecule has 4 heteroatoms. The van der Waals surface area contributed by atoms with E-state index in [0.717, 1.165) is 5.57 Å². The number of esters is 1. The first-order valence-electron chi connectivity index (χ1n) is 6.54. The highest BCUT2D eigenvalue weighted by Gasteiger charge is 2.19. The molecule has 106 valence electrons. The number of ether oxygens (including phenoxy) is 1. The van der Waals surface area contributed by atoms with Gasteiger partial charge in [0.05, 0.1) is 12.2 Å². The van der Waals surface area contributed by atoms with Crippen LogP contribution in [0.1, 0.15) is 26.7 Å². The summed E-state index contributed by atoms with van der Waals surface area (Å²) >= 11 is 0. The van der Waals surface area contributed by atoms with Crippen LogP contribution in [0.15, 0.2) is 36.0 Å². The van der Waals surface area contributed by atoms with E-state index in [2.05, 4.69) is 0 Å². The van der Waals surface area contributed by atoms with Crippen molar-refractivity contribution in [2.45, 2.75) is 38.9 Å². The van der Waals surface area contributed by atoms with E-state index in [-0.39, 0.29) is 18.5 Å². The van der Waals surface area contributed by atoms with E-state index in [1.54, 1.807) is 18.2 Å². The van der Waals surface area contributed by atoms with E-state index < -0.39 is 12.2 Å². The zero-order valence-corrected chi connectivity index (χ0v) is 11.5. The van der Waals surface area contributed by atoms with Crippen LogP contribution in [0, 0.1) is 5.92 Å². The third kappa shape index (κ3) is 5.85. The summed E-state index contributed by atoms with van der Waals surface area (Å²) in [5, 5.41) is 19.8. The lowest BCUT2D eigenvalue weighted by molar-refractivity contribution is -0.136. The van der Waals surface area contributed by atoms with E-state index in [1.807, 2.05) is 19.9 Å². The lowest BCUT2D eigenvalue weighted by atomic mass is 9.97. The Kier molecular flexibility index (Phi) is 6.53. The number of rotatable bonds is 0. The molecule has 0 aromatic heterocycles. The number of aliphatic hydroxyl groups excluding tert-OH is 2. The second-order valence-corrected chi connectivity index (χ2v) is 4.87. The van der Waals surface area contributed by atoms with Gasteiger partial charge in [0.2, 0.25) is 0 Å². The van der Waals surface area contributed by atoms with E-state index in [4.69, 9.17) is 4.74 Å². The third-order valence-corrected chi connectivity index (χ3v) is 2.97. The highest BCUT2D eigenvalue weighted by atomic mass is 16.5. The maximum Gasteiger partial charge on any atom is 0.330 e. The largest absolute Gasteiger partial charge is 0.458 e. The lowest BCUT2D eigenvalue weighted by Gasteiger charge is -2.20. The van der Waals surface area contributed by atoms with E-state index in [9.17, 15) is 15.0 Å². The molecular weight excluding hydrogens is 244 g/mol. The number of hydrogen-bond donors (Lipinski definition) is 2. The highest BCUT2D eigenvalue weighted by Crippen LogP contribution is 2.13. The quantitative estimate of drug-likeness (QED) is 0.518. The van der Waals surface area contributed by atoms with Gasteiger partial charge in [0.25, 0.3) is 0 Å². The van der Waals surface area contributed by atoms with Crippen molar-refractivity contribution in [2.24, 2.45) is 5.92 Å². The van der Waals surface area contributed by atoms with Crippen molar-refractivity contribution in [3.63, 3.8) is 0 Å². The molecule has 4 nitrogen and oxygen atoms in total. The number of carbonyl (C=O) groups is 1. The predicted octanol–water partition coefficient (Wildman–Crippen LogP) is 1.74. The van der Waals surface area contributed by atoms with Gasteiger partial charge < -0.3 is 14.9 Å². The summed E-state index contributed by atoms with van der Waals surface area (Å²) in [5.41, 5.74) is 0.849. The fourth-order valence-corrected chi connectivity index (χ4v) is 1.86. The normalized spacial score (nSPS) is 30.4.